The van der Waals surface area contributed by atoms with Crippen molar-refractivity contribution in [1.82, 2.24) is 4.90 Å². The lowest BCUT2D eigenvalue weighted by molar-refractivity contribution is -0.120. The Labute approximate surface area is 262 Å². The Hall–Kier alpha value is -2.80. The van der Waals surface area contributed by atoms with Gasteiger partial charge < -0.3 is 15.0 Å². The number of rotatable bonds is 6. The molecule has 1 heterocycles. The summed E-state index contributed by atoms with van der Waals surface area (Å²) in [5, 5.41) is 3.92. The van der Waals surface area contributed by atoms with Crippen molar-refractivity contribution in [3.63, 3.8) is 0 Å². The summed E-state index contributed by atoms with van der Waals surface area (Å²) in [5.41, 5.74) is 3.88. The number of ether oxygens (including phenoxy) is 1. The van der Waals surface area contributed by atoms with E-state index in [0.717, 1.165) is 11.4 Å². The molecule has 0 unspecified atom stereocenters. The fraction of sp³-hybridized carbons (Fsp3) is 0.424. The Morgan fingerprint density at radius 1 is 0.881 bits per heavy atom. The van der Waals surface area contributed by atoms with E-state index in [2.05, 4.69) is 44.8 Å². The van der Waals surface area contributed by atoms with Gasteiger partial charge in [0.15, 0.2) is 18.2 Å². The van der Waals surface area contributed by atoms with Gasteiger partial charge in [0.2, 0.25) is 0 Å². The lowest BCUT2D eigenvalue weighted by Gasteiger charge is -2.49. The molecule has 2 aromatic carbocycles. The molecule has 1 amide bonds. The summed E-state index contributed by atoms with van der Waals surface area (Å²) in [6.07, 6.45) is 2.19. The minimum absolute atomic E-state index is 0.0252. The van der Waals surface area contributed by atoms with Gasteiger partial charge in [0.1, 0.15) is 5.75 Å². The van der Waals surface area contributed by atoms with E-state index in [1.807, 2.05) is 0 Å². The third-order valence-corrected chi connectivity index (χ3v) is 9.16. The van der Waals surface area contributed by atoms with Crippen LogP contribution in [-0.2, 0) is 14.4 Å². The summed E-state index contributed by atoms with van der Waals surface area (Å²) in [4.78, 5) is 42.9. The molecule has 1 N–H and O–H groups in total. The SMILES string of the molecule is CCN1C2=C(C(=O)CC(C)(C)C2)C(c2cc(Cl)ccc2OCC(=O)Nc2ccc(Cl)c(Cl)c2)C2=C1CC(C)(C)CC2=O. The Morgan fingerprint density at radius 2 is 1.48 bits per heavy atom. The van der Waals surface area contributed by atoms with Gasteiger partial charge in [0.05, 0.1) is 10.0 Å². The third-order valence-electron chi connectivity index (χ3n) is 8.18. The molecule has 1 aliphatic heterocycles. The second-order valence-corrected chi connectivity index (χ2v) is 14.2. The number of amides is 1. The molecule has 0 saturated heterocycles. The van der Waals surface area contributed by atoms with E-state index in [9.17, 15) is 14.4 Å². The van der Waals surface area contributed by atoms with Gasteiger partial charge >= 0.3 is 0 Å². The second kappa shape index (κ2) is 11.4. The highest BCUT2D eigenvalue weighted by Crippen LogP contribution is 2.55. The van der Waals surface area contributed by atoms with Gasteiger partial charge in [0, 0.05) is 64.1 Å². The van der Waals surface area contributed by atoms with Crippen molar-refractivity contribution >= 4 is 58.0 Å². The molecule has 0 fully saturated rings. The zero-order chi connectivity index (χ0) is 30.6. The van der Waals surface area contributed by atoms with Crippen LogP contribution in [0.3, 0.4) is 0 Å². The maximum Gasteiger partial charge on any atom is 0.262 e. The zero-order valence-electron chi connectivity index (χ0n) is 24.5. The van der Waals surface area contributed by atoms with Crippen molar-refractivity contribution < 1.29 is 19.1 Å². The van der Waals surface area contributed by atoms with E-state index < -0.39 is 11.8 Å². The normalized spacial score (nSPS) is 20.0. The third kappa shape index (κ3) is 5.99. The Balaban J connectivity index is 1.57. The maximum atomic E-state index is 13.9. The number of Topliss-reactive ketones (excluding diaryl/α,β-unsaturated/α-hetero) is 2. The minimum Gasteiger partial charge on any atom is -0.483 e. The second-order valence-electron chi connectivity index (χ2n) is 12.9. The smallest absolute Gasteiger partial charge is 0.262 e. The first kappa shape index (κ1) is 30.7. The van der Waals surface area contributed by atoms with Gasteiger partial charge in [-0.05, 0) is 67.0 Å². The van der Waals surface area contributed by atoms with E-state index in [0.29, 0.717) is 75.4 Å². The van der Waals surface area contributed by atoms with Gasteiger partial charge in [-0.15, -0.1) is 0 Å². The molecule has 0 bridgehead atoms. The van der Waals surface area contributed by atoms with Crippen molar-refractivity contribution in [2.24, 2.45) is 10.8 Å². The molecule has 0 saturated carbocycles. The van der Waals surface area contributed by atoms with Crippen molar-refractivity contribution in [3.8, 4) is 5.75 Å². The van der Waals surface area contributed by atoms with E-state index in [1.165, 1.54) is 0 Å². The van der Waals surface area contributed by atoms with Gasteiger partial charge in [-0.2, -0.15) is 0 Å². The minimum atomic E-state index is -0.628. The molecule has 9 heteroatoms. The summed E-state index contributed by atoms with van der Waals surface area (Å²) in [6, 6.07) is 9.95. The quantitative estimate of drug-likeness (QED) is 0.347. The van der Waals surface area contributed by atoms with Crippen LogP contribution in [0.25, 0.3) is 0 Å². The maximum absolute atomic E-state index is 13.9. The number of allylic oxidation sites excluding steroid dienone is 4. The summed E-state index contributed by atoms with van der Waals surface area (Å²) >= 11 is 18.6. The topological polar surface area (TPSA) is 75.7 Å². The van der Waals surface area contributed by atoms with Crippen molar-refractivity contribution in [1.29, 1.82) is 0 Å². The molecule has 3 aliphatic rings. The summed E-state index contributed by atoms with van der Waals surface area (Å²) in [7, 11) is 0. The number of ketones is 2. The Bertz CT molecular complexity index is 1500. The lowest BCUT2D eigenvalue weighted by Crippen LogP contribution is -2.44. The van der Waals surface area contributed by atoms with E-state index >= 15 is 0 Å². The Morgan fingerprint density at radius 3 is 2.02 bits per heavy atom. The van der Waals surface area contributed by atoms with E-state index in [1.54, 1.807) is 36.4 Å². The number of benzene rings is 2. The highest BCUT2D eigenvalue weighted by Gasteiger charge is 2.49. The molecule has 0 aromatic heterocycles. The standard InChI is InChI=1S/C33H35Cl3N2O4/c1-6-38-23-13-32(2,3)15-25(39)30(23)29(31-24(38)14-33(4,5)16-26(31)40)20-11-18(34)7-10-27(20)42-17-28(41)37-19-8-9-21(35)22(36)12-19/h7-12,29H,6,13-17H2,1-5H3,(H,37,41). The average molecular weight is 630 g/mol. The fourth-order valence-electron chi connectivity index (χ4n) is 6.53. The van der Waals surface area contributed by atoms with Crippen LogP contribution in [0.2, 0.25) is 15.1 Å². The van der Waals surface area contributed by atoms with Crippen LogP contribution in [0.5, 0.6) is 5.75 Å². The number of hydrogen-bond acceptors (Lipinski definition) is 5. The van der Waals surface area contributed by atoms with E-state index in [4.69, 9.17) is 39.5 Å². The molecule has 6 nitrogen and oxygen atoms in total. The summed E-state index contributed by atoms with van der Waals surface area (Å²) in [5.74, 6) is -0.584. The van der Waals surface area contributed by atoms with Gasteiger partial charge in [-0.3, -0.25) is 14.4 Å². The molecule has 2 aliphatic carbocycles. The first-order chi connectivity index (χ1) is 19.7. The molecule has 0 spiro atoms. The van der Waals surface area contributed by atoms with Crippen LogP contribution in [-0.4, -0.2) is 35.5 Å². The number of halogens is 3. The first-order valence-electron chi connectivity index (χ1n) is 14.2. The van der Waals surface area contributed by atoms with Crippen molar-refractivity contribution in [3.05, 3.63) is 79.6 Å². The number of nitrogens with zero attached hydrogens (tertiary/aromatic N) is 1. The molecule has 222 valence electrons. The predicted molar refractivity (Wildman–Crippen MR) is 167 cm³/mol. The molecule has 5 rings (SSSR count). The summed E-state index contributed by atoms with van der Waals surface area (Å²) in [6.45, 7) is 10.9. The van der Waals surface area contributed by atoms with Crippen LogP contribution in [0, 0.1) is 10.8 Å². The van der Waals surface area contributed by atoms with Crippen molar-refractivity contribution in [2.75, 3.05) is 18.5 Å². The van der Waals surface area contributed by atoms with E-state index in [-0.39, 0.29) is 29.0 Å². The predicted octanol–water partition coefficient (Wildman–Crippen LogP) is 8.37. The zero-order valence-corrected chi connectivity index (χ0v) is 26.8. The fourth-order valence-corrected chi connectivity index (χ4v) is 7.01. The molecular weight excluding hydrogens is 595 g/mol. The van der Waals surface area contributed by atoms with Crippen LogP contribution in [0.15, 0.2) is 58.9 Å². The first-order valence-corrected chi connectivity index (χ1v) is 15.3. The van der Waals surface area contributed by atoms with Crippen LogP contribution in [0.4, 0.5) is 5.69 Å². The molecular formula is C33H35Cl3N2O4. The van der Waals surface area contributed by atoms with Gasteiger partial charge in [0.25, 0.3) is 5.91 Å². The van der Waals surface area contributed by atoms with Gasteiger partial charge in [-0.25, -0.2) is 0 Å². The monoisotopic (exact) mass is 628 g/mol. The van der Waals surface area contributed by atoms with Crippen LogP contribution in [0.1, 0.15) is 71.8 Å². The van der Waals surface area contributed by atoms with Crippen LogP contribution < -0.4 is 10.1 Å². The lowest BCUT2D eigenvalue weighted by atomic mass is 9.63. The van der Waals surface area contributed by atoms with Gasteiger partial charge in [-0.1, -0.05) is 62.5 Å². The molecule has 0 radical (unpaired) electrons. The molecule has 2 aromatic rings. The van der Waals surface area contributed by atoms with Crippen molar-refractivity contribution in [2.45, 2.75) is 66.2 Å². The Kier molecular flexibility index (Phi) is 8.29. The summed E-state index contributed by atoms with van der Waals surface area (Å²) < 4.78 is 6.09. The molecule has 42 heavy (non-hydrogen) atoms. The highest BCUT2D eigenvalue weighted by molar-refractivity contribution is 6.42. The number of anilines is 1. The van der Waals surface area contributed by atoms with Crippen LogP contribution >= 0.6 is 34.8 Å². The number of hydrogen-bond donors (Lipinski definition) is 1. The number of carbonyl (C=O) groups is 3. The number of nitrogens with one attached hydrogen (secondary N) is 1. The molecule has 0 atom stereocenters. The average Bonchev–Trinajstić information content (AvgIpc) is 2.87. The number of carbonyl (C=O) groups excluding carboxylic acids is 3. The largest absolute Gasteiger partial charge is 0.483 e. The highest BCUT2D eigenvalue weighted by atomic mass is 35.5.